The molecule has 0 saturated heterocycles. The third kappa shape index (κ3) is 2.66. The molecule has 0 aliphatic heterocycles. The topological polar surface area (TPSA) is 83.2 Å². The van der Waals surface area contributed by atoms with Crippen molar-refractivity contribution in [2.75, 3.05) is 12.8 Å². The monoisotopic (exact) mass is 278 g/mol. The number of nitrogens with two attached hydrogens (primary N) is 1. The molecule has 2 aromatic heterocycles. The Hall–Kier alpha value is -1.73. The average Bonchev–Trinajstić information content (AvgIpc) is 2.80. The van der Waals surface area contributed by atoms with Gasteiger partial charge >= 0.3 is 6.01 Å². The van der Waals surface area contributed by atoms with Crippen LogP contribution in [0.2, 0.25) is 0 Å². The highest BCUT2D eigenvalue weighted by Gasteiger charge is 2.31. The van der Waals surface area contributed by atoms with Crippen molar-refractivity contribution in [3.63, 3.8) is 0 Å². The van der Waals surface area contributed by atoms with Gasteiger partial charge in [0.25, 0.3) is 0 Å². The Bertz CT molecular complexity index is 568. The molecule has 0 unspecified atom stereocenters. The summed E-state index contributed by atoms with van der Waals surface area (Å²) in [5.41, 5.74) is 6.39. The second kappa shape index (κ2) is 5.10. The van der Waals surface area contributed by atoms with Crippen LogP contribution in [-0.4, -0.2) is 34.3 Å². The standard InChI is InChI=1S/C12H14N4O2S/c1-17-7-4-8(5-7)18-12-14-3-2-9(16-12)10-6-15-11(13)19-10/h2-3,6-8H,4-5H2,1H3,(H2,13,15). The van der Waals surface area contributed by atoms with Crippen molar-refractivity contribution in [1.29, 1.82) is 0 Å². The van der Waals surface area contributed by atoms with E-state index in [1.165, 1.54) is 11.3 Å². The fourth-order valence-corrected chi connectivity index (χ4v) is 2.55. The summed E-state index contributed by atoms with van der Waals surface area (Å²) in [6, 6.07) is 2.21. The quantitative estimate of drug-likeness (QED) is 0.917. The van der Waals surface area contributed by atoms with Crippen molar-refractivity contribution in [2.24, 2.45) is 0 Å². The summed E-state index contributed by atoms with van der Waals surface area (Å²) in [6.45, 7) is 0. The summed E-state index contributed by atoms with van der Waals surface area (Å²) in [5.74, 6) is 0. The minimum atomic E-state index is 0.145. The van der Waals surface area contributed by atoms with E-state index in [1.54, 1.807) is 19.5 Å². The lowest BCUT2D eigenvalue weighted by Crippen LogP contribution is -2.39. The SMILES string of the molecule is COC1CC(Oc2nccc(-c3cnc(N)s3)n2)C1. The van der Waals surface area contributed by atoms with Gasteiger partial charge in [-0.05, 0) is 6.07 Å². The Kier molecular flexibility index (Phi) is 3.31. The number of hydrogen-bond donors (Lipinski definition) is 1. The lowest BCUT2D eigenvalue weighted by molar-refractivity contribution is -0.0413. The molecule has 0 atom stereocenters. The minimum Gasteiger partial charge on any atom is -0.460 e. The van der Waals surface area contributed by atoms with Gasteiger partial charge in [0.1, 0.15) is 6.10 Å². The zero-order valence-corrected chi connectivity index (χ0v) is 11.3. The number of nitrogens with zero attached hydrogens (tertiary/aromatic N) is 3. The van der Waals surface area contributed by atoms with Gasteiger partial charge in [0.15, 0.2) is 5.13 Å². The van der Waals surface area contributed by atoms with Gasteiger partial charge in [-0.3, -0.25) is 0 Å². The molecule has 6 nitrogen and oxygen atoms in total. The number of anilines is 1. The highest BCUT2D eigenvalue weighted by atomic mass is 32.1. The zero-order valence-electron chi connectivity index (χ0n) is 10.4. The van der Waals surface area contributed by atoms with Gasteiger partial charge in [-0.25, -0.2) is 9.97 Å². The van der Waals surface area contributed by atoms with Gasteiger partial charge in [-0.2, -0.15) is 4.98 Å². The van der Waals surface area contributed by atoms with Crippen LogP contribution in [0.4, 0.5) is 5.13 Å². The van der Waals surface area contributed by atoms with Gasteiger partial charge in [0.05, 0.1) is 16.7 Å². The Labute approximate surface area is 114 Å². The van der Waals surface area contributed by atoms with Crippen molar-refractivity contribution < 1.29 is 9.47 Å². The first kappa shape index (κ1) is 12.3. The average molecular weight is 278 g/mol. The maximum Gasteiger partial charge on any atom is 0.317 e. The third-order valence-corrected chi connectivity index (χ3v) is 3.92. The zero-order chi connectivity index (χ0) is 13.2. The molecular formula is C12H14N4O2S. The van der Waals surface area contributed by atoms with Crippen LogP contribution in [0.1, 0.15) is 12.8 Å². The molecule has 0 aromatic carbocycles. The number of rotatable bonds is 4. The van der Waals surface area contributed by atoms with Crippen molar-refractivity contribution in [2.45, 2.75) is 25.0 Å². The van der Waals surface area contributed by atoms with Crippen molar-refractivity contribution in [1.82, 2.24) is 15.0 Å². The first-order valence-electron chi connectivity index (χ1n) is 5.99. The molecular weight excluding hydrogens is 264 g/mol. The summed E-state index contributed by atoms with van der Waals surface area (Å²) in [7, 11) is 1.71. The molecule has 0 bridgehead atoms. The lowest BCUT2D eigenvalue weighted by atomic mass is 9.92. The summed E-state index contributed by atoms with van der Waals surface area (Å²) < 4.78 is 10.9. The first-order chi connectivity index (χ1) is 9.24. The highest BCUT2D eigenvalue weighted by molar-refractivity contribution is 7.18. The summed E-state index contributed by atoms with van der Waals surface area (Å²) in [4.78, 5) is 13.4. The van der Waals surface area contributed by atoms with E-state index in [4.69, 9.17) is 15.2 Å². The third-order valence-electron chi connectivity index (χ3n) is 3.07. The molecule has 19 heavy (non-hydrogen) atoms. The van der Waals surface area contributed by atoms with Gasteiger partial charge < -0.3 is 15.2 Å². The number of nitrogen functional groups attached to an aromatic ring is 1. The molecule has 1 aliphatic rings. The van der Waals surface area contributed by atoms with Crippen LogP contribution in [0.3, 0.4) is 0 Å². The largest absolute Gasteiger partial charge is 0.460 e. The van der Waals surface area contributed by atoms with Crippen LogP contribution in [0.5, 0.6) is 6.01 Å². The molecule has 0 radical (unpaired) electrons. The van der Waals surface area contributed by atoms with Crippen LogP contribution in [0.25, 0.3) is 10.6 Å². The molecule has 7 heteroatoms. The molecule has 100 valence electrons. The Morgan fingerprint density at radius 3 is 2.84 bits per heavy atom. The van der Waals surface area contributed by atoms with Crippen LogP contribution in [0.15, 0.2) is 18.5 Å². The van der Waals surface area contributed by atoms with Gasteiger partial charge in [-0.15, -0.1) is 0 Å². The molecule has 2 heterocycles. The number of methoxy groups -OCH3 is 1. The Morgan fingerprint density at radius 1 is 1.32 bits per heavy atom. The summed E-state index contributed by atoms with van der Waals surface area (Å²) in [6.07, 6.45) is 5.60. The Morgan fingerprint density at radius 2 is 2.16 bits per heavy atom. The molecule has 2 N–H and O–H groups in total. The van der Waals surface area contributed by atoms with E-state index in [2.05, 4.69) is 15.0 Å². The molecule has 1 saturated carbocycles. The molecule has 3 rings (SSSR count). The van der Waals surface area contributed by atoms with E-state index < -0.39 is 0 Å². The van der Waals surface area contributed by atoms with Crippen molar-refractivity contribution in [3.05, 3.63) is 18.5 Å². The second-order valence-electron chi connectivity index (χ2n) is 4.36. The predicted molar refractivity (Wildman–Crippen MR) is 72.0 cm³/mol. The van der Waals surface area contributed by atoms with E-state index >= 15 is 0 Å². The van der Waals surface area contributed by atoms with Crippen LogP contribution in [0, 0.1) is 0 Å². The highest BCUT2D eigenvalue weighted by Crippen LogP contribution is 2.29. The van der Waals surface area contributed by atoms with Crippen LogP contribution < -0.4 is 10.5 Å². The van der Waals surface area contributed by atoms with E-state index in [1.807, 2.05) is 6.07 Å². The lowest BCUT2D eigenvalue weighted by Gasteiger charge is -2.33. The molecule has 2 aromatic rings. The molecule has 0 spiro atoms. The summed E-state index contributed by atoms with van der Waals surface area (Å²) in [5, 5.41) is 0.526. The van der Waals surface area contributed by atoms with Crippen molar-refractivity contribution >= 4 is 16.5 Å². The van der Waals surface area contributed by atoms with Crippen LogP contribution >= 0.6 is 11.3 Å². The van der Waals surface area contributed by atoms with E-state index in [-0.39, 0.29) is 6.10 Å². The van der Waals surface area contributed by atoms with E-state index in [0.717, 1.165) is 23.4 Å². The fraction of sp³-hybridized carbons (Fsp3) is 0.417. The van der Waals surface area contributed by atoms with E-state index in [9.17, 15) is 0 Å². The van der Waals surface area contributed by atoms with Gasteiger partial charge in [-0.1, -0.05) is 11.3 Å². The second-order valence-corrected chi connectivity index (χ2v) is 5.42. The normalized spacial score (nSPS) is 21.9. The van der Waals surface area contributed by atoms with Gasteiger partial charge in [0, 0.05) is 32.3 Å². The first-order valence-corrected chi connectivity index (χ1v) is 6.80. The summed E-state index contributed by atoms with van der Waals surface area (Å²) >= 11 is 1.39. The van der Waals surface area contributed by atoms with E-state index in [0.29, 0.717) is 17.2 Å². The molecule has 1 aliphatic carbocycles. The minimum absolute atomic E-state index is 0.145. The van der Waals surface area contributed by atoms with Crippen molar-refractivity contribution in [3.8, 4) is 16.6 Å². The number of thiazole rings is 1. The maximum absolute atomic E-state index is 5.70. The van der Waals surface area contributed by atoms with Gasteiger partial charge in [0.2, 0.25) is 0 Å². The maximum atomic E-state index is 5.70. The molecule has 0 amide bonds. The number of aromatic nitrogens is 3. The number of ether oxygens (including phenoxy) is 2. The predicted octanol–water partition coefficient (Wildman–Crippen LogP) is 1.74. The number of hydrogen-bond acceptors (Lipinski definition) is 7. The fourth-order valence-electron chi connectivity index (χ4n) is 1.90. The Balaban J connectivity index is 1.70. The molecule has 1 fully saturated rings. The van der Waals surface area contributed by atoms with Crippen LogP contribution in [-0.2, 0) is 4.74 Å². The smallest absolute Gasteiger partial charge is 0.317 e.